The monoisotopic (exact) mass is 508 g/mol. The molecule has 35 heavy (non-hydrogen) atoms. The van der Waals surface area contributed by atoms with Crippen LogP contribution in [-0.2, 0) is 11.4 Å². The molecule has 182 valence electrons. The number of ether oxygens (including phenoxy) is 1. The minimum Gasteiger partial charge on any atom is -0.486 e. The number of thiophene rings is 1. The summed E-state index contributed by atoms with van der Waals surface area (Å²) in [4.78, 5) is 31.4. The Morgan fingerprint density at radius 2 is 1.91 bits per heavy atom. The van der Waals surface area contributed by atoms with Crippen LogP contribution in [0.1, 0.15) is 55.6 Å². The van der Waals surface area contributed by atoms with Gasteiger partial charge >= 0.3 is 5.97 Å². The number of carbonyl (C=O) groups excluding carboxylic acids is 1. The zero-order chi connectivity index (χ0) is 24.8. The van der Waals surface area contributed by atoms with Gasteiger partial charge in [0, 0.05) is 10.8 Å². The Balaban J connectivity index is 1.64. The molecule has 1 amide bonds. The van der Waals surface area contributed by atoms with Crippen molar-refractivity contribution in [2.45, 2.75) is 51.7 Å². The van der Waals surface area contributed by atoms with E-state index in [-0.39, 0.29) is 6.61 Å². The molecule has 8 heteroatoms. The van der Waals surface area contributed by atoms with Crippen LogP contribution in [0, 0.1) is 0 Å². The fourth-order valence-corrected chi connectivity index (χ4v) is 5.63. The Labute approximate surface area is 212 Å². The molecular formula is C27H28N2O4S2. The molecular weight excluding hydrogens is 480 g/mol. The fraction of sp³-hybridized carbons (Fsp3) is 0.296. The van der Waals surface area contributed by atoms with E-state index in [4.69, 9.17) is 4.74 Å². The second-order valence-corrected chi connectivity index (χ2v) is 10.2. The van der Waals surface area contributed by atoms with Crippen LogP contribution < -0.4 is 10.1 Å². The van der Waals surface area contributed by atoms with Gasteiger partial charge in [-0.25, -0.2) is 9.78 Å². The van der Waals surface area contributed by atoms with Gasteiger partial charge in [0.15, 0.2) is 0 Å². The molecule has 0 aliphatic heterocycles. The molecule has 2 N–H and O–H groups in total. The molecule has 1 unspecified atom stereocenters. The van der Waals surface area contributed by atoms with Crippen LogP contribution in [0.4, 0.5) is 0 Å². The Morgan fingerprint density at radius 1 is 1.09 bits per heavy atom. The molecule has 4 rings (SSSR count). The number of thiazole rings is 1. The highest BCUT2D eigenvalue weighted by Gasteiger charge is 2.38. The molecule has 0 saturated heterocycles. The summed E-state index contributed by atoms with van der Waals surface area (Å²) >= 11 is 3.19. The molecule has 2 heterocycles. The van der Waals surface area contributed by atoms with Crippen LogP contribution in [0.15, 0.2) is 59.3 Å². The van der Waals surface area contributed by atoms with E-state index in [1.54, 1.807) is 35.7 Å². The number of carbonyl (C=O) groups is 2. The average Bonchev–Trinajstić information content (AvgIpc) is 3.57. The van der Waals surface area contributed by atoms with E-state index in [1.165, 1.54) is 0 Å². The molecule has 6 nitrogen and oxygen atoms in total. The van der Waals surface area contributed by atoms with Gasteiger partial charge < -0.3 is 15.2 Å². The van der Waals surface area contributed by atoms with E-state index >= 15 is 0 Å². The zero-order valence-electron chi connectivity index (χ0n) is 19.7. The van der Waals surface area contributed by atoms with E-state index in [9.17, 15) is 14.7 Å². The van der Waals surface area contributed by atoms with Crippen LogP contribution in [0.25, 0.3) is 20.7 Å². The summed E-state index contributed by atoms with van der Waals surface area (Å²) in [6.45, 7) is 3.99. The third kappa shape index (κ3) is 5.39. The first-order chi connectivity index (χ1) is 17.0. The molecule has 2 aromatic heterocycles. The summed E-state index contributed by atoms with van der Waals surface area (Å²) in [6, 6.07) is 15.3. The van der Waals surface area contributed by atoms with Gasteiger partial charge in [0.05, 0.1) is 16.1 Å². The number of benzene rings is 2. The quantitative estimate of drug-likeness (QED) is 0.234. The lowest BCUT2D eigenvalue weighted by atomic mass is 9.89. The molecule has 0 saturated carbocycles. The van der Waals surface area contributed by atoms with E-state index in [0.29, 0.717) is 30.6 Å². The first-order valence-corrected chi connectivity index (χ1v) is 13.4. The largest absolute Gasteiger partial charge is 0.486 e. The van der Waals surface area contributed by atoms with Crippen molar-refractivity contribution in [2.75, 3.05) is 0 Å². The van der Waals surface area contributed by atoms with Crippen molar-refractivity contribution in [3.05, 3.63) is 70.5 Å². The number of carboxylic acids is 1. The molecule has 4 aromatic rings. The van der Waals surface area contributed by atoms with Crippen molar-refractivity contribution < 1.29 is 19.4 Å². The lowest BCUT2D eigenvalue weighted by molar-refractivity contribution is -0.145. The number of hydrogen-bond acceptors (Lipinski definition) is 6. The standard InChI is InChI=1S/C27H28N2O4S2/c1-3-5-14-27(4-2,26(31)32)29-24(30)21-13-12-18-9-6-7-10-20(18)23(21)33-16-19-17-35-25(28-19)22-11-8-15-34-22/h6-13,15,17H,3-5,14,16H2,1-2H3,(H,29,30)(H,31,32). The number of nitrogens with one attached hydrogen (secondary N) is 1. The summed E-state index contributed by atoms with van der Waals surface area (Å²) in [5.41, 5.74) is -0.234. The highest BCUT2D eigenvalue weighted by Crippen LogP contribution is 2.33. The predicted octanol–water partition coefficient (Wildman–Crippen LogP) is 6.76. The van der Waals surface area contributed by atoms with E-state index in [1.807, 2.05) is 60.1 Å². The number of nitrogens with zero attached hydrogens (tertiary/aromatic N) is 1. The van der Waals surface area contributed by atoms with E-state index in [0.717, 1.165) is 32.8 Å². The predicted molar refractivity (Wildman–Crippen MR) is 141 cm³/mol. The molecule has 0 aliphatic carbocycles. The Morgan fingerprint density at radius 3 is 2.63 bits per heavy atom. The van der Waals surface area contributed by atoms with Crippen molar-refractivity contribution in [2.24, 2.45) is 0 Å². The maximum Gasteiger partial charge on any atom is 0.329 e. The number of hydrogen-bond donors (Lipinski definition) is 2. The molecule has 0 spiro atoms. The summed E-state index contributed by atoms with van der Waals surface area (Å²) in [5, 5.41) is 19.4. The Kier molecular flexibility index (Phi) is 7.83. The summed E-state index contributed by atoms with van der Waals surface area (Å²) < 4.78 is 6.22. The molecule has 1 atom stereocenters. The molecule has 0 radical (unpaired) electrons. The van der Waals surface area contributed by atoms with Crippen molar-refractivity contribution in [3.63, 3.8) is 0 Å². The second kappa shape index (κ2) is 11.0. The maximum atomic E-state index is 13.5. The molecule has 0 fully saturated rings. The first-order valence-electron chi connectivity index (χ1n) is 11.7. The van der Waals surface area contributed by atoms with Crippen LogP contribution in [0.3, 0.4) is 0 Å². The highest BCUT2D eigenvalue weighted by molar-refractivity contribution is 7.20. The fourth-order valence-electron chi connectivity index (χ4n) is 4.01. The molecule has 0 bridgehead atoms. The number of amides is 1. The van der Waals surface area contributed by atoms with Gasteiger partial charge in [-0.15, -0.1) is 22.7 Å². The SMILES string of the molecule is CCCCC(CC)(NC(=O)c1ccc2ccccc2c1OCc1csc(-c2cccs2)n1)C(=O)O. The topological polar surface area (TPSA) is 88.5 Å². The first kappa shape index (κ1) is 24.9. The normalized spacial score (nSPS) is 12.9. The highest BCUT2D eigenvalue weighted by atomic mass is 32.1. The maximum absolute atomic E-state index is 13.5. The van der Waals surface area contributed by atoms with E-state index in [2.05, 4.69) is 10.3 Å². The minimum atomic E-state index is -1.32. The summed E-state index contributed by atoms with van der Waals surface area (Å²) in [6.07, 6.45) is 2.21. The van der Waals surface area contributed by atoms with Crippen molar-refractivity contribution in [3.8, 4) is 15.6 Å². The Hall–Kier alpha value is -3.23. The zero-order valence-corrected chi connectivity index (χ0v) is 21.4. The number of carboxylic acid groups (broad SMARTS) is 1. The van der Waals surface area contributed by atoms with Gasteiger partial charge in [-0.05, 0) is 35.7 Å². The van der Waals surface area contributed by atoms with Crippen molar-refractivity contribution in [1.82, 2.24) is 10.3 Å². The molecule has 0 aliphatic rings. The van der Waals surface area contributed by atoms with Crippen LogP contribution in [0.2, 0.25) is 0 Å². The molecule has 2 aromatic carbocycles. The van der Waals surface area contributed by atoms with Crippen LogP contribution >= 0.6 is 22.7 Å². The summed E-state index contributed by atoms with van der Waals surface area (Å²) in [7, 11) is 0. The third-order valence-corrected chi connectivity index (χ3v) is 8.03. The minimum absolute atomic E-state index is 0.198. The summed E-state index contributed by atoms with van der Waals surface area (Å²) in [5.74, 6) is -1.05. The third-order valence-electron chi connectivity index (χ3n) is 6.10. The number of fused-ring (bicyclic) bond motifs is 1. The van der Waals surface area contributed by atoms with Gasteiger partial charge in [0.1, 0.15) is 22.9 Å². The van der Waals surface area contributed by atoms with Gasteiger partial charge in [-0.1, -0.05) is 63.1 Å². The number of aromatic nitrogens is 1. The lowest BCUT2D eigenvalue weighted by Gasteiger charge is -2.30. The number of unbranched alkanes of at least 4 members (excludes halogenated alkanes) is 1. The van der Waals surface area contributed by atoms with Gasteiger partial charge in [0.2, 0.25) is 0 Å². The van der Waals surface area contributed by atoms with E-state index < -0.39 is 17.4 Å². The lowest BCUT2D eigenvalue weighted by Crippen LogP contribution is -2.54. The van der Waals surface area contributed by atoms with Gasteiger partial charge in [0.25, 0.3) is 5.91 Å². The number of rotatable bonds is 11. The van der Waals surface area contributed by atoms with Crippen molar-refractivity contribution in [1.29, 1.82) is 0 Å². The average molecular weight is 509 g/mol. The van der Waals surface area contributed by atoms with Crippen LogP contribution in [0.5, 0.6) is 5.75 Å². The smallest absolute Gasteiger partial charge is 0.329 e. The van der Waals surface area contributed by atoms with Crippen molar-refractivity contribution >= 4 is 45.3 Å². The second-order valence-electron chi connectivity index (χ2n) is 8.37. The van der Waals surface area contributed by atoms with Gasteiger partial charge in [-0.2, -0.15) is 0 Å². The van der Waals surface area contributed by atoms with Gasteiger partial charge in [-0.3, -0.25) is 4.79 Å². The Bertz CT molecular complexity index is 1320. The number of aliphatic carboxylic acids is 1. The van der Waals surface area contributed by atoms with Crippen LogP contribution in [-0.4, -0.2) is 27.5 Å².